The van der Waals surface area contributed by atoms with E-state index in [1.165, 1.54) is 0 Å². The normalized spacial score (nSPS) is 15.8. The average molecular weight is 209 g/mol. The van der Waals surface area contributed by atoms with Crippen molar-refractivity contribution in [3.8, 4) is 5.88 Å². The van der Waals surface area contributed by atoms with Crippen molar-refractivity contribution in [1.82, 2.24) is 9.97 Å². The van der Waals surface area contributed by atoms with Crippen molar-refractivity contribution in [3.63, 3.8) is 0 Å². The van der Waals surface area contributed by atoms with Crippen molar-refractivity contribution in [2.24, 2.45) is 0 Å². The monoisotopic (exact) mass is 209 g/mol. The minimum Gasteiger partial charge on any atom is -0.468 e. The molecule has 1 aliphatic heterocycles. The highest BCUT2D eigenvalue weighted by Gasteiger charge is 2.20. The average Bonchev–Trinajstić information content (AvgIpc) is 2.21. The van der Waals surface area contributed by atoms with Gasteiger partial charge in [-0.15, -0.1) is 0 Å². The standard InChI is InChI=1S/C10H15N3O2/c1-2-3-12-9-4-11-5-10(13-9)15-8-6-14-7-8/h4-5,8H,2-3,6-7H2,1H3,(H,12,13). The molecule has 0 spiro atoms. The quantitative estimate of drug-likeness (QED) is 0.786. The van der Waals surface area contributed by atoms with Gasteiger partial charge in [0.15, 0.2) is 0 Å². The number of ether oxygens (including phenoxy) is 2. The molecule has 0 atom stereocenters. The lowest BCUT2D eigenvalue weighted by atomic mass is 10.3. The summed E-state index contributed by atoms with van der Waals surface area (Å²) in [6, 6.07) is 0. The molecule has 0 aliphatic carbocycles. The SMILES string of the molecule is CCCNc1cncc(OC2COC2)n1. The highest BCUT2D eigenvalue weighted by Crippen LogP contribution is 2.14. The third kappa shape index (κ3) is 2.79. The zero-order valence-corrected chi connectivity index (χ0v) is 8.77. The molecule has 15 heavy (non-hydrogen) atoms. The van der Waals surface area contributed by atoms with E-state index in [4.69, 9.17) is 9.47 Å². The minimum atomic E-state index is 0.140. The van der Waals surface area contributed by atoms with Gasteiger partial charge in [-0.05, 0) is 6.42 Å². The fraction of sp³-hybridized carbons (Fsp3) is 0.600. The lowest BCUT2D eigenvalue weighted by molar-refractivity contribution is -0.0814. The zero-order chi connectivity index (χ0) is 10.5. The molecule has 1 N–H and O–H groups in total. The van der Waals surface area contributed by atoms with Gasteiger partial charge < -0.3 is 14.8 Å². The molecule has 0 radical (unpaired) electrons. The van der Waals surface area contributed by atoms with Crippen LogP contribution in [0.3, 0.4) is 0 Å². The summed E-state index contributed by atoms with van der Waals surface area (Å²) in [7, 11) is 0. The summed E-state index contributed by atoms with van der Waals surface area (Å²) >= 11 is 0. The second-order valence-electron chi connectivity index (χ2n) is 3.45. The Morgan fingerprint density at radius 2 is 2.40 bits per heavy atom. The zero-order valence-electron chi connectivity index (χ0n) is 8.77. The summed E-state index contributed by atoms with van der Waals surface area (Å²) < 4.78 is 10.5. The van der Waals surface area contributed by atoms with Gasteiger partial charge in [-0.3, -0.25) is 4.98 Å². The lowest BCUT2D eigenvalue weighted by Crippen LogP contribution is -2.38. The van der Waals surface area contributed by atoms with Gasteiger partial charge in [-0.2, -0.15) is 4.98 Å². The molecule has 0 aromatic carbocycles. The van der Waals surface area contributed by atoms with Gasteiger partial charge in [-0.1, -0.05) is 6.92 Å². The van der Waals surface area contributed by atoms with E-state index in [9.17, 15) is 0 Å². The Bertz CT molecular complexity index is 315. The molecule has 0 amide bonds. The molecule has 5 nitrogen and oxygen atoms in total. The maximum absolute atomic E-state index is 5.53. The minimum absolute atomic E-state index is 0.140. The molecular weight excluding hydrogens is 194 g/mol. The Morgan fingerprint density at radius 1 is 1.53 bits per heavy atom. The summed E-state index contributed by atoms with van der Waals surface area (Å²) in [5.74, 6) is 1.32. The summed E-state index contributed by atoms with van der Waals surface area (Å²) in [4.78, 5) is 8.34. The van der Waals surface area contributed by atoms with Crippen LogP contribution in [0.1, 0.15) is 13.3 Å². The van der Waals surface area contributed by atoms with Gasteiger partial charge in [0.25, 0.3) is 0 Å². The second-order valence-corrected chi connectivity index (χ2v) is 3.45. The Hall–Kier alpha value is -1.36. The van der Waals surface area contributed by atoms with Crippen LogP contribution in [0, 0.1) is 0 Å². The smallest absolute Gasteiger partial charge is 0.234 e. The number of hydrogen-bond donors (Lipinski definition) is 1. The highest BCUT2D eigenvalue weighted by atomic mass is 16.6. The first-order chi connectivity index (χ1) is 7.38. The Balaban J connectivity index is 1.92. The molecule has 1 fully saturated rings. The summed E-state index contributed by atoms with van der Waals surface area (Å²) in [6.45, 7) is 4.29. The number of nitrogens with zero attached hydrogens (tertiary/aromatic N) is 2. The van der Waals surface area contributed by atoms with E-state index in [2.05, 4.69) is 22.2 Å². The molecule has 82 valence electrons. The van der Waals surface area contributed by atoms with Crippen LogP contribution in [-0.2, 0) is 4.74 Å². The second kappa shape index (κ2) is 4.93. The maximum atomic E-state index is 5.53. The Morgan fingerprint density at radius 3 is 3.07 bits per heavy atom. The summed E-state index contributed by atoms with van der Waals surface area (Å²) in [6.07, 6.45) is 4.51. The van der Waals surface area contributed by atoms with Crippen LogP contribution in [0.5, 0.6) is 5.88 Å². The molecule has 0 bridgehead atoms. The molecule has 0 unspecified atom stereocenters. The van der Waals surface area contributed by atoms with E-state index in [1.807, 2.05) is 0 Å². The van der Waals surface area contributed by atoms with Crippen LogP contribution in [0.25, 0.3) is 0 Å². The van der Waals surface area contributed by atoms with Crippen molar-refractivity contribution < 1.29 is 9.47 Å². The van der Waals surface area contributed by atoms with Crippen LogP contribution >= 0.6 is 0 Å². The molecule has 1 aromatic rings. The van der Waals surface area contributed by atoms with Crippen LogP contribution in [0.2, 0.25) is 0 Å². The molecule has 1 aromatic heterocycles. The number of aromatic nitrogens is 2. The van der Waals surface area contributed by atoms with Gasteiger partial charge >= 0.3 is 0 Å². The molecule has 0 saturated carbocycles. The van der Waals surface area contributed by atoms with Crippen LogP contribution in [0.15, 0.2) is 12.4 Å². The van der Waals surface area contributed by atoms with Crippen LogP contribution in [0.4, 0.5) is 5.82 Å². The van der Waals surface area contributed by atoms with E-state index in [-0.39, 0.29) is 6.10 Å². The number of nitrogens with one attached hydrogen (secondary N) is 1. The van der Waals surface area contributed by atoms with Gasteiger partial charge in [0.1, 0.15) is 11.9 Å². The van der Waals surface area contributed by atoms with E-state index in [0.29, 0.717) is 19.1 Å². The molecular formula is C10H15N3O2. The molecule has 1 aliphatic rings. The first-order valence-electron chi connectivity index (χ1n) is 5.19. The van der Waals surface area contributed by atoms with Gasteiger partial charge in [0.2, 0.25) is 5.88 Å². The number of anilines is 1. The summed E-state index contributed by atoms with van der Waals surface area (Å²) in [5.41, 5.74) is 0. The van der Waals surface area contributed by atoms with Crippen molar-refractivity contribution >= 4 is 5.82 Å². The van der Waals surface area contributed by atoms with E-state index < -0.39 is 0 Å². The van der Waals surface area contributed by atoms with E-state index >= 15 is 0 Å². The van der Waals surface area contributed by atoms with Crippen molar-refractivity contribution in [3.05, 3.63) is 12.4 Å². The van der Waals surface area contributed by atoms with Crippen molar-refractivity contribution in [2.45, 2.75) is 19.4 Å². The molecule has 1 saturated heterocycles. The fourth-order valence-corrected chi connectivity index (χ4v) is 1.20. The number of rotatable bonds is 5. The third-order valence-corrected chi connectivity index (χ3v) is 2.06. The molecule has 2 rings (SSSR count). The predicted molar refractivity (Wildman–Crippen MR) is 56.0 cm³/mol. The van der Waals surface area contributed by atoms with Crippen LogP contribution < -0.4 is 10.1 Å². The van der Waals surface area contributed by atoms with Crippen molar-refractivity contribution in [2.75, 3.05) is 25.1 Å². The number of hydrogen-bond acceptors (Lipinski definition) is 5. The Labute approximate surface area is 88.8 Å². The van der Waals surface area contributed by atoms with Crippen LogP contribution in [-0.4, -0.2) is 35.8 Å². The first-order valence-corrected chi connectivity index (χ1v) is 5.19. The summed E-state index contributed by atoms with van der Waals surface area (Å²) in [5, 5.41) is 3.16. The maximum Gasteiger partial charge on any atom is 0.234 e. The Kier molecular flexibility index (Phi) is 3.34. The largest absolute Gasteiger partial charge is 0.468 e. The van der Waals surface area contributed by atoms with Gasteiger partial charge in [0.05, 0.1) is 25.6 Å². The predicted octanol–water partition coefficient (Wildman–Crippen LogP) is 1.08. The topological polar surface area (TPSA) is 56.3 Å². The van der Waals surface area contributed by atoms with Gasteiger partial charge in [0, 0.05) is 6.54 Å². The molecule has 2 heterocycles. The van der Waals surface area contributed by atoms with E-state index in [0.717, 1.165) is 18.8 Å². The van der Waals surface area contributed by atoms with E-state index in [1.54, 1.807) is 12.4 Å². The first kappa shape index (κ1) is 10.2. The highest BCUT2D eigenvalue weighted by molar-refractivity contribution is 5.33. The lowest BCUT2D eigenvalue weighted by Gasteiger charge is -2.25. The van der Waals surface area contributed by atoms with Gasteiger partial charge in [-0.25, -0.2) is 0 Å². The van der Waals surface area contributed by atoms with Crippen molar-refractivity contribution in [1.29, 1.82) is 0 Å². The third-order valence-electron chi connectivity index (χ3n) is 2.06. The fourth-order valence-electron chi connectivity index (χ4n) is 1.20. The molecule has 5 heteroatoms.